The van der Waals surface area contributed by atoms with Crippen molar-refractivity contribution in [3.05, 3.63) is 47.1 Å². The van der Waals surface area contributed by atoms with E-state index >= 15 is 0 Å². The third-order valence-electron chi connectivity index (χ3n) is 3.58. The summed E-state index contributed by atoms with van der Waals surface area (Å²) in [6.45, 7) is 13.1. The Morgan fingerprint density at radius 1 is 1.14 bits per heavy atom. The molecule has 0 aliphatic rings. The molecule has 21 heavy (non-hydrogen) atoms. The van der Waals surface area contributed by atoms with Gasteiger partial charge in [0.05, 0.1) is 6.54 Å². The number of aromatic nitrogens is 2. The molecule has 0 N–H and O–H groups in total. The van der Waals surface area contributed by atoms with Gasteiger partial charge in [0.1, 0.15) is 0 Å². The van der Waals surface area contributed by atoms with Gasteiger partial charge in [0, 0.05) is 12.0 Å². The lowest BCUT2D eigenvalue weighted by Gasteiger charge is -2.19. The number of hydrogen-bond acceptors (Lipinski definition) is 4. The molecule has 4 nitrogen and oxygen atoms in total. The Morgan fingerprint density at radius 3 is 2.43 bits per heavy atom. The summed E-state index contributed by atoms with van der Waals surface area (Å²) < 4.78 is 5.36. The highest BCUT2D eigenvalue weighted by atomic mass is 16.5. The largest absolute Gasteiger partial charge is 0.339 e. The molecule has 1 aromatic carbocycles. The van der Waals surface area contributed by atoms with Crippen LogP contribution in [-0.2, 0) is 18.5 Å². The van der Waals surface area contributed by atoms with Gasteiger partial charge in [0.15, 0.2) is 5.82 Å². The van der Waals surface area contributed by atoms with E-state index in [1.54, 1.807) is 0 Å². The van der Waals surface area contributed by atoms with Crippen LogP contribution >= 0.6 is 0 Å². The summed E-state index contributed by atoms with van der Waals surface area (Å²) in [5.41, 5.74) is 2.57. The molecule has 4 heteroatoms. The van der Waals surface area contributed by atoms with Gasteiger partial charge >= 0.3 is 0 Å². The van der Waals surface area contributed by atoms with Gasteiger partial charge in [-0.3, -0.25) is 4.90 Å². The van der Waals surface area contributed by atoms with Crippen molar-refractivity contribution in [3.8, 4) is 0 Å². The summed E-state index contributed by atoms with van der Waals surface area (Å²) in [7, 11) is 0. The predicted octanol–water partition coefficient (Wildman–Crippen LogP) is 3.70. The van der Waals surface area contributed by atoms with Gasteiger partial charge in [0.25, 0.3) is 0 Å². The predicted molar refractivity (Wildman–Crippen MR) is 84.0 cm³/mol. The normalized spacial score (nSPS) is 12.1. The molecule has 1 aromatic heterocycles. The molecular formula is C17H25N3O. The van der Waals surface area contributed by atoms with Crippen LogP contribution in [0.25, 0.3) is 0 Å². The Kier molecular flexibility index (Phi) is 4.78. The van der Waals surface area contributed by atoms with Gasteiger partial charge in [0.2, 0.25) is 5.89 Å². The molecular weight excluding hydrogens is 262 g/mol. The number of hydrogen-bond donors (Lipinski definition) is 0. The molecule has 0 spiro atoms. The molecule has 0 radical (unpaired) electrons. The minimum atomic E-state index is -0.0989. The Balaban J connectivity index is 2.06. The van der Waals surface area contributed by atoms with E-state index in [0.29, 0.717) is 12.4 Å². The van der Waals surface area contributed by atoms with E-state index in [-0.39, 0.29) is 5.41 Å². The lowest BCUT2D eigenvalue weighted by Crippen LogP contribution is -2.23. The van der Waals surface area contributed by atoms with E-state index in [2.05, 4.69) is 73.9 Å². The number of aryl methyl sites for hydroxylation is 1. The fraction of sp³-hybridized carbons (Fsp3) is 0.529. The summed E-state index contributed by atoms with van der Waals surface area (Å²) in [5, 5.41) is 4.11. The molecule has 2 aromatic rings. The van der Waals surface area contributed by atoms with Crippen LogP contribution in [0.1, 0.15) is 50.5 Å². The van der Waals surface area contributed by atoms with Crippen LogP contribution in [0.4, 0.5) is 0 Å². The van der Waals surface area contributed by atoms with E-state index in [9.17, 15) is 0 Å². The monoisotopic (exact) mass is 287 g/mol. The zero-order valence-corrected chi connectivity index (χ0v) is 13.7. The van der Waals surface area contributed by atoms with Crippen LogP contribution in [0, 0.1) is 6.92 Å². The summed E-state index contributed by atoms with van der Waals surface area (Å²) in [6.07, 6.45) is 0. The topological polar surface area (TPSA) is 42.2 Å². The van der Waals surface area contributed by atoms with Crippen molar-refractivity contribution in [2.24, 2.45) is 0 Å². The summed E-state index contributed by atoms with van der Waals surface area (Å²) >= 11 is 0. The van der Waals surface area contributed by atoms with Gasteiger partial charge in [-0.15, -0.1) is 0 Å². The summed E-state index contributed by atoms with van der Waals surface area (Å²) in [4.78, 5) is 6.83. The van der Waals surface area contributed by atoms with Gasteiger partial charge in [-0.1, -0.05) is 57.1 Å². The second kappa shape index (κ2) is 6.39. The van der Waals surface area contributed by atoms with E-state index in [1.807, 2.05) is 0 Å². The lowest BCUT2D eigenvalue weighted by molar-refractivity contribution is 0.256. The van der Waals surface area contributed by atoms with Crippen molar-refractivity contribution in [2.45, 2.75) is 53.1 Å². The Morgan fingerprint density at radius 2 is 1.86 bits per heavy atom. The number of nitrogens with zero attached hydrogens (tertiary/aromatic N) is 3. The highest BCUT2D eigenvalue weighted by Gasteiger charge is 2.22. The first-order chi connectivity index (χ1) is 9.90. The third kappa shape index (κ3) is 4.14. The van der Waals surface area contributed by atoms with Gasteiger partial charge in [-0.25, -0.2) is 0 Å². The van der Waals surface area contributed by atoms with Crippen molar-refractivity contribution >= 4 is 0 Å². The maximum absolute atomic E-state index is 5.36. The highest BCUT2D eigenvalue weighted by molar-refractivity contribution is 5.25. The molecule has 0 saturated heterocycles. The Bertz CT molecular complexity index is 584. The van der Waals surface area contributed by atoms with E-state index in [0.717, 1.165) is 18.9 Å². The lowest BCUT2D eigenvalue weighted by atomic mass is 9.97. The van der Waals surface area contributed by atoms with Crippen LogP contribution in [-0.4, -0.2) is 21.6 Å². The SMILES string of the molecule is CCN(Cc1noc(C(C)(C)C)n1)Cc1ccccc1C. The van der Waals surface area contributed by atoms with Crippen molar-refractivity contribution in [1.29, 1.82) is 0 Å². The minimum Gasteiger partial charge on any atom is -0.339 e. The first-order valence-corrected chi connectivity index (χ1v) is 7.50. The molecule has 1 heterocycles. The van der Waals surface area contributed by atoms with Gasteiger partial charge in [-0.05, 0) is 24.6 Å². The minimum absolute atomic E-state index is 0.0989. The van der Waals surface area contributed by atoms with Gasteiger partial charge < -0.3 is 4.52 Å². The molecule has 0 atom stereocenters. The second-order valence-electron chi connectivity index (χ2n) is 6.50. The summed E-state index contributed by atoms with van der Waals surface area (Å²) in [5.74, 6) is 1.46. The fourth-order valence-corrected chi connectivity index (χ4v) is 2.13. The molecule has 2 rings (SSSR count). The number of rotatable bonds is 5. The average Bonchev–Trinajstić information content (AvgIpc) is 2.89. The highest BCUT2D eigenvalue weighted by Crippen LogP contribution is 2.20. The summed E-state index contributed by atoms with van der Waals surface area (Å²) in [6, 6.07) is 8.48. The quantitative estimate of drug-likeness (QED) is 0.841. The zero-order chi connectivity index (χ0) is 15.5. The van der Waals surface area contributed by atoms with Gasteiger partial charge in [-0.2, -0.15) is 4.98 Å². The fourth-order valence-electron chi connectivity index (χ4n) is 2.13. The van der Waals surface area contributed by atoms with Crippen molar-refractivity contribution < 1.29 is 4.52 Å². The van der Waals surface area contributed by atoms with Crippen LogP contribution in [0.5, 0.6) is 0 Å². The zero-order valence-electron chi connectivity index (χ0n) is 13.7. The van der Waals surface area contributed by atoms with Crippen LogP contribution in [0.15, 0.2) is 28.8 Å². The first kappa shape index (κ1) is 15.7. The van der Waals surface area contributed by atoms with E-state index in [4.69, 9.17) is 4.52 Å². The molecule has 114 valence electrons. The number of benzene rings is 1. The first-order valence-electron chi connectivity index (χ1n) is 7.50. The Labute approximate surface area is 127 Å². The van der Waals surface area contributed by atoms with E-state index in [1.165, 1.54) is 11.1 Å². The van der Waals surface area contributed by atoms with Crippen molar-refractivity contribution in [1.82, 2.24) is 15.0 Å². The van der Waals surface area contributed by atoms with Crippen LogP contribution in [0.3, 0.4) is 0 Å². The molecule has 0 bridgehead atoms. The molecule has 0 amide bonds. The molecule has 0 aliphatic carbocycles. The standard InChI is InChI=1S/C17H25N3O/c1-6-20(11-14-10-8-7-9-13(14)2)12-15-18-16(21-19-15)17(3,4)5/h7-10H,6,11-12H2,1-5H3. The second-order valence-corrected chi connectivity index (χ2v) is 6.50. The molecule has 0 fully saturated rings. The maximum atomic E-state index is 5.36. The van der Waals surface area contributed by atoms with Crippen LogP contribution < -0.4 is 0 Å². The Hall–Kier alpha value is -1.68. The maximum Gasteiger partial charge on any atom is 0.232 e. The average molecular weight is 287 g/mol. The smallest absolute Gasteiger partial charge is 0.232 e. The van der Waals surface area contributed by atoms with Crippen molar-refractivity contribution in [2.75, 3.05) is 6.54 Å². The molecule has 0 unspecified atom stereocenters. The molecule has 0 aliphatic heterocycles. The van der Waals surface area contributed by atoms with Crippen LogP contribution in [0.2, 0.25) is 0 Å². The molecule has 0 saturated carbocycles. The van der Waals surface area contributed by atoms with E-state index < -0.39 is 0 Å². The third-order valence-corrected chi connectivity index (χ3v) is 3.58. The van der Waals surface area contributed by atoms with Crippen molar-refractivity contribution in [3.63, 3.8) is 0 Å².